The van der Waals surface area contributed by atoms with E-state index < -0.39 is 0 Å². The minimum Gasteiger partial charge on any atom is -0.493 e. The van der Waals surface area contributed by atoms with Crippen molar-refractivity contribution in [1.29, 1.82) is 0 Å². The normalized spacial score (nSPS) is 14.3. The van der Waals surface area contributed by atoms with Crippen LogP contribution in [0.25, 0.3) is 0 Å². The molecule has 1 amide bonds. The molecule has 0 fully saturated rings. The maximum Gasteiger partial charge on any atom is 0.257 e. The van der Waals surface area contributed by atoms with E-state index in [9.17, 15) is 4.79 Å². The fraction of sp³-hybridized carbons (Fsp3) is 0.450. The molecule has 2 heterocycles. The Bertz CT molecular complexity index is 808. The lowest BCUT2D eigenvalue weighted by Crippen LogP contribution is -2.36. The maximum absolute atomic E-state index is 12.8. The number of aromatic nitrogens is 2. The summed E-state index contributed by atoms with van der Waals surface area (Å²) in [7, 11) is 3.24. The Morgan fingerprint density at radius 2 is 1.81 bits per heavy atom. The van der Waals surface area contributed by atoms with Crippen molar-refractivity contribution in [3.63, 3.8) is 0 Å². The van der Waals surface area contributed by atoms with Gasteiger partial charge < -0.3 is 19.7 Å². The van der Waals surface area contributed by atoms with E-state index in [0.717, 1.165) is 18.4 Å². The molecule has 7 heteroatoms. The second kappa shape index (κ2) is 8.24. The predicted molar refractivity (Wildman–Crippen MR) is 103 cm³/mol. The Kier molecular flexibility index (Phi) is 5.78. The molecule has 0 saturated heterocycles. The van der Waals surface area contributed by atoms with Crippen molar-refractivity contribution in [2.45, 2.75) is 39.3 Å². The fourth-order valence-electron chi connectivity index (χ4n) is 3.07. The lowest BCUT2D eigenvalue weighted by atomic mass is 9.98. The number of hydrogen-bond acceptors (Lipinski definition) is 6. The summed E-state index contributed by atoms with van der Waals surface area (Å²) in [6.07, 6.45) is 4.93. The van der Waals surface area contributed by atoms with Gasteiger partial charge in [0.25, 0.3) is 5.91 Å². The van der Waals surface area contributed by atoms with Gasteiger partial charge in [-0.15, -0.1) is 0 Å². The van der Waals surface area contributed by atoms with Crippen molar-refractivity contribution in [2.75, 3.05) is 26.1 Å². The number of benzene rings is 1. The molecule has 3 rings (SSSR count). The van der Waals surface area contributed by atoms with Gasteiger partial charge in [-0.05, 0) is 43.0 Å². The molecule has 1 aliphatic heterocycles. The number of methoxy groups -OCH3 is 2. The monoisotopic (exact) mass is 370 g/mol. The number of nitrogens with zero attached hydrogens (tertiary/aromatic N) is 3. The SMILES string of the molecule is CCC(C)Nc1ncc(C(=O)N2CCc3cc(OC)c(OC)cc3C2)cn1. The Labute approximate surface area is 159 Å². The van der Waals surface area contributed by atoms with Crippen LogP contribution >= 0.6 is 0 Å². The zero-order chi connectivity index (χ0) is 19.4. The van der Waals surface area contributed by atoms with Crippen molar-refractivity contribution < 1.29 is 14.3 Å². The summed E-state index contributed by atoms with van der Waals surface area (Å²) in [6.45, 7) is 5.33. The number of fused-ring (bicyclic) bond motifs is 1. The largest absolute Gasteiger partial charge is 0.493 e. The smallest absolute Gasteiger partial charge is 0.257 e. The third kappa shape index (κ3) is 4.13. The fourth-order valence-corrected chi connectivity index (χ4v) is 3.07. The minimum absolute atomic E-state index is 0.0643. The number of carbonyl (C=O) groups excluding carboxylic acids is 1. The van der Waals surface area contributed by atoms with E-state index >= 15 is 0 Å². The summed E-state index contributed by atoms with van der Waals surface area (Å²) >= 11 is 0. The molecule has 1 aromatic heterocycles. The first-order chi connectivity index (χ1) is 13.0. The zero-order valence-corrected chi connectivity index (χ0v) is 16.3. The van der Waals surface area contributed by atoms with E-state index in [1.807, 2.05) is 17.0 Å². The van der Waals surface area contributed by atoms with Gasteiger partial charge in [0, 0.05) is 31.5 Å². The standard InChI is InChI=1S/C20H26N4O3/c1-5-13(2)23-20-21-10-16(11-22-20)19(25)24-7-6-14-8-17(26-3)18(27-4)9-15(14)12-24/h8-11,13H,5-7,12H2,1-4H3,(H,21,22,23). The summed E-state index contributed by atoms with van der Waals surface area (Å²) in [6, 6.07) is 4.23. The number of carbonyl (C=O) groups is 1. The van der Waals surface area contributed by atoms with Crippen LogP contribution in [0.2, 0.25) is 0 Å². The molecule has 144 valence electrons. The van der Waals surface area contributed by atoms with Crippen LogP contribution in [0.4, 0.5) is 5.95 Å². The number of ether oxygens (including phenoxy) is 2. The van der Waals surface area contributed by atoms with Crippen LogP contribution in [0.15, 0.2) is 24.5 Å². The molecule has 0 aliphatic carbocycles. The van der Waals surface area contributed by atoms with E-state index in [-0.39, 0.29) is 11.9 Å². The average Bonchev–Trinajstić information content (AvgIpc) is 2.72. The van der Waals surface area contributed by atoms with Crippen LogP contribution in [0.3, 0.4) is 0 Å². The van der Waals surface area contributed by atoms with E-state index in [1.54, 1.807) is 26.6 Å². The maximum atomic E-state index is 12.8. The highest BCUT2D eigenvalue weighted by Gasteiger charge is 2.24. The van der Waals surface area contributed by atoms with Crippen molar-refractivity contribution in [1.82, 2.24) is 14.9 Å². The first kappa shape index (κ1) is 18.9. The van der Waals surface area contributed by atoms with Gasteiger partial charge in [-0.2, -0.15) is 0 Å². The van der Waals surface area contributed by atoms with Crippen molar-refractivity contribution in [3.8, 4) is 11.5 Å². The highest BCUT2D eigenvalue weighted by atomic mass is 16.5. The molecule has 1 aliphatic rings. The van der Waals surface area contributed by atoms with Gasteiger partial charge in [0.1, 0.15) is 0 Å². The van der Waals surface area contributed by atoms with Crippen molar-refractivity contribution in [2.24, 2.45) is 0 Å². The van der Waals surface area contributed by atoms with Gasteiger partial charge in [0.05, 0.1) is 19.8 Å². The van der Waals surface area contributed by atoms with Crippen LogP contribution in [0.1, 0.15) is 41.8 Å². The molecule has 0 bridgehead atoms. The van der Waals surface area contributed by atoms with E-state index in [4.69, 9.17) is 9.47 Å². The summed E-state index contributed by atoms with van der Waals surface area (Å²) in [4.78, 5) is 23.2. The molecular formula is C20H26N4O3. The first-order valence-corrected chi connectivity index (χ1v) is 9.17. The highest BCUT2D eigenvalue weighted by molar-refractivity contribution is 5.93. The lowest BCUT2D eigenvalue weighted by Gasteiger charge is -2.29. The summed E-state index contributed by atoms with van der Waals surface area (Å²) in [5, 5.41) is 3.20. The molecule has 1 N–H and O–H groups in total. The third-order valence-electron chi connectivity index (χ3n) is 4.89. The van der Waals surface area contributed by atoms with Crippen LogP contribution < -0.4 is 14.8 Å². The van der Waals surface area contributed by atoms with Gasteiger partial charge in [0.15, 0.2) is 11.5 Å². The molecule has 0 spiro atoms. The Balaban J connectivity index is 1.73. The van der Waals surface area contributed by atoms with Crippen LogP contribution in [-0.4, -0.2) is 47.6 Å². The third-order valence-corrected chi connectivity index (χ3v) is 4.89. The van der Waals surface area contributed by atoms with Gasteiger partial charge in [0.2, 0.25) is 5.95 Å². The highest BCUT2D eigenvalue weighted by Crippen LogP contribution is 2.33. The van der Waals surface area contributed by atoms with Gasteiger partial charge in [-0.25, -0.2) is 9.97 Å². The molecule has 7 nitrogen and oxygen atoms in total. The Morgan fingerprint density at radius 3 is 2.41 bits per heavy atom. The second-order valence-corrected chi connectivity index (χ2v) is 6.70. The van der Waals surface area contributed by atoms with Crippen molar-refractivity contribution >= 4 is 11.9 Å². The summed E-state index contributed by atoms with van der Waals surface area (Å²) in [5.74, 6) is 1.87. The molecule has 0 radical (unpaired) electrons. The molecule has 2 aromatic rings. The quantitative estimate of drug-likeness (QED) is 0.843. The number of hydrogen-bond donors (Lipinski definition) is 1. The van der Waals surface area contributed by atoms with Crippen LogP contribution in [0, 0.1) is 0 Å². The predicted octanol–water partition coefficient (Wildman–Crippen LogP) is 2.90. The number of rotatable bonds is 6. The molecule has 1 atom stereocenters. The average molecular weight is 370 g/mol. The number of anilines is 1. The lowest BCUT2D eigenvalue weighted by molar-refractivity contribution is 0.0733. The molecule has 27 heavy (non-hydrogen) atoms. The van der Waals surface area contributed by atoms with E-state index in [1.165, 1.54) is 5.56 Å². The van der Waals surface area contributed by atoms with Gasteiger partial charge in [-0.1, -0.05) is 6.92 Å². The Hall–Kier alpha value is -2.83. The molecule has 1 unspecified atom stereocenters. The minimum atomic E-state index is -0.0643. The molecule has 0 saturated carbocycles. The molecule has 1 aromatic carbocycles. The molecular weight excluding hydrogens is 344 g/mol. The number of nitrogens with one attached hydrogen (secondary N) is 1. The van der Waals surface area contributed by atoms with Crippen LogP contribution in [-0.2, 0) is 13.0 Å². The summed E-state index contributed by atoms with van der Waals surface area (Å²) < 4.78 is 10.7. The summed E-state index contributed by atoms with van der Waals surface area (Å²) in [5.41, 5.74) is 2.75. The van der Waals surface area contributed by atoms with Crippen molar-refractivity contribution in [3.05, 3.63) is 41.2 Å². The number of amides is 1. The van der Waals surface area contributed by atoms with Gasteiger partial charge in [-0.3, -0.25) is 4.79 Å². The first-order valence-electron chi connectivity index (χ1n) is 9.17. The Morgan fingerprint density at radius 1 is 1.19 bits per heavy atom. The second-order valence-electron chi connectivity index (χ2n) is 6.70. The van der Waals surface area contributed by atoms with Gasteiger partial charge >= 0.3 is 0 Å². The zero-order valence-electron chi connectivity index (χ0n) is 16.3. The topological polar surface area (TPSA) is 76.6 Å². The van der Waals surface area contributed by atoms with Crippen LogP contribution in [0.5, 0.6) is 11.5 Å². The van der Waals surface area contributed by atoms with E-state index in [2.05, 4.69) is 29.1 Å². The van der Waals surface area contributed by atoms with E-state index in [0.29, 0.717) is 36.1 Å².